The van der Waals surface area contributed by atoms with Gasteiger partial charge in [0.2, 0.25) is 11.2 Å². The van der Waals surface area contributed by atoms with E-state index in [0.29, 0.717) is 19.8 Å². The molecule has 2 atom stereocenters. The van der Waals surface area contributed by atoms with Gasteiger partial charge < -0.3 is 19.1 Å². The van der Waals surface area contributed by atoms with E-state index in [1.54, 1.807) is 33.2 Å². The van der Waals surface area contributed by atoms with Gasteiger partial charge in [-0.25, -0.2) is 4.39 Å². The van der Waals surface area contributed by atoms with Crippen LogP contribution in [0, 0.1) is 5.82 Å². The van der Waals surface area contributed by atoms with E-state index >= 15 is 0 Å². The molecule has 0 bridgehead atoms. The van der Waals surface area contributed by atoms with E-state index in [1.807, 2.05) is 36.6 Å². The Labute approximate surface area is 233 Å². The van der Waals surface area contributed by atoms with Crippen LogP contribution in [0.2, 0.25) is 0 Å². The highest BCUT2D eigenvalue weighted by Crippen LogP contribution is 2.50. The molecule has 10 heteroatoms. The molecule has 1 saturated heterocycles. The molecule has 3 aliphatic rings. The number of halogens is 1. The summed E-state index contributed by atoms with van der Waals surface area (Å²) >= 11 is 1.61. The Bertz CT molecular complexity index is 1680. The summed E-state index contributed by atoms with van der Waals surface area (Å²) in [6.45, 7) is 3.07. The van der Waals surface area contributed by atoms with Gasteiger partial charge in [0, 0.05) is 35.9 Å². The van der Waals surface area contributed by atoms with Gasteiger partial charge in [-0.3, -0.25) is 19.3 Å². The predicted molar refractivity (Wildman–Crippen MR) is 149 cm³/mol. The third kappa shape index (κ3) is 3.78. The maximum atomic E-state index is 14.8. The van der Waals surface area contributed by atoms with Crippen molar-refractivity contribution in [2.75, 3.05) is 38.2 Å². The van der Waals surface area contributed by atoms with Crippen molar-refractivity contribution in [3.05, 3.63) is 99.0 Å². The highest BCUT2D eigenvalue weighted by Gasteiger charge is 2.46. The lowest BCUT2D eigenvalue weighted by Gasteiger charge is -2.51. The van der Waals surface area contributed by atoms with Gasteiger partial charge in [-0.1, -0.05) is 30.3 Å². The number of benzene rings is 2. The molecule has 7 rings (SSSR count). The molecule has 0 saturated carbocycles. The minimum atomic E-state index is -0.483. The number of morpholine rings is 1. The Morgan fingerprint density at radius 2 is 1.90 bits per heavy atom. The van der Waals surface area contributed by atoms with Gasteiger partial charge in [-0.15, -0.1) is 11.3 Å². The number of rotatable bonds is 5. The smallest absolute Gasteiger partial charge is 0.278 e. The molecular formula is C30H26FN3O5S. The third-order valence-electron chi connectivity index (χ3n) is 7.68. The van der Waals surface area contributed by atoms with Crippen molar-refractivity contribution >= 4 is 17.2 Å². The lowest BCUT2D eigenvalue weighted by Crippen LogP contribution is -2.66. The maximum absolute atomic E-state index is 14.8. The van der Waals surface area contributed by atoms with Crippen LogP contribution in [0.3, 0.4) is 0 Å². The monoisotopic (exact) mass is 559 g/mol. The van der Waals surface area contributed by atoms with Gasteiger partial charge in [-0.05, 0) is 52.8 Å². The van der Waals surface area contributed by atoms with Gasteiger partial charge in [-0.2, -0.15) is 0 Å². The second kappa shape index (κ2) is 9.88. The topological polar surface area (TPSA) is 73.2 Å². The zero-order chi connectivity index (χ0) is 27.4. The highest BCUT2D eigenvalue weighted by atomic mass is 32.1. The lowest BCUT2D eigenvalue weighted by molar-refractivity contribution is -0.0210. The molecule has 0 N–H and O–H groups in total. The van der Waals surface area contributed by atoms with Crippen LogP contribution in [0.15, 0.2) is 71.0 Å². The molecule has 2 aromatic carbocycles. The molecule has 1 aliphatic carbocycles. The SMILES string of the molecule is CCOCOc1c2n(ccc1=O)N(C1c3ccc(F)cc3-c3ccsc3-c3ccccc31)[C@@H]1COCCN1C2=O. The summed E-state index contributed by atoms with van der Waals surface area (Å²) in [4.78, 5) is 29.8. The molecule has 0 spiro atoms. The lowest BCUT2D eigenvalue weighted by atomic mass is 9.92. The van der Waals surface area contributed by atoms with Crippen molar-refractivity contribution in [2.45, 2.75) is 19.1 Å². The standard InChI is InChI=1S/C30H26FN3O5S/c1-2-37-17-39-28-24(35)9-11-33-27(28)30(36)32-12-13-38-16-25(32)34(33)26-19-5-3-4-6-21(19)29-22(10-14-40-29)23-15-18(31)7-8-20(23)26/h3-11,14-15,25-26H,2,12-13,16-17H2,1H3/t25-,26?/m1/s1. The quantitative estimate of drug-likeness (QED) is 0.263. The Morgan fingerprint density at radius 3 is 2.77 bits per heavy atom. The van der Waals surface area contributed by atoms with Gasteiger partial charge in [0.1, 0.15) is 12.0 Å². The number of carbonyl (C=O) groups excluding carboxylic acids is 1. The van der Waals surface area contributed by atoms with Crippen molar-refractivity contribution in [1.29, 1.82) is 0 Å². The second-order valence-electron chi connectivity index (χ2n) is 9.78. The Hall–Kier alpha value is -3.99. The molecule has 1 amide bonds. The second-order valence-corrected chi connectivity index (χ2v) is 10.7. The minimum absolute atomic E-state index is 0.0590. The molecular weight excluding hydrogens is 533 g/mol. The van der Waals surface area contributed by atoms with E-state index in [2.05, 4.69) is 17.1 Å². The molecule has 2 aliphatic heterocycles. The summed E-state index contributed by atoms with van der Waals surface area (Å²) in [6, 6.07) is 16.0. The van der Waals surface area contributed by atoms with Crippen molar-refractivity contribution in [3.63, 3.8) is 0 Å². The molecule has 204 valence electrons. The Balaban J connectivity index is 1.52. The first-order valence-electron chi connectivity index (χ1n) is 13.2. The normalized spacial score (nSPS) is 19.2. The first-order valence-corrected chi connectivity index (χ1v) is 14.1. The number of thiophene rings is 1. The minimum Gasteiger partial charge on any atom is -0.461 e. The summed E-state index contributed by atoms with van der Waals surface area (Å²) in [6.07, 6.45) is 1.13. The highest BCUT2D eigenvalue weighted by molar-refractivity contribution is 7.14. The molecule has 2 aromatic heterocycles. The van der Waals surface area contributed by atoms with Gasteiger partial charge in [0.25, 0.3) is 5.91 Å². The van der Waals surface area contributed by atoms with E-state index in [1.165, 1.54) is 12.1 Å². The summed E-state index contributed by atoms with van der Waals surface area (Å²) < 4.78 is 33.5. The number of carbonyl (C=O) groups is 1. The summed E-state index contributed by atoms with van der Waals surface area (Å²) in [5.74, 6) is -0.696. The predicted octanol–water partition coefficient (Wildman–Crippen LogP) is 4.61. The number of amides is 1. The maximum Gasteiger partial charge on any atom is 0.278 e. The van der Waals surface area contributed by atoms with E-state index in [-0.39, 0.29) is 36.6 Å². The zero-order valence-electron chi connectivity index (χ0n) is 21.7. The first kappa shape index (κ1) is 25.0. The van der Waals surface area contributed by atoms with Crippen LogP contribution in [0.4, 0.5) is 4.39 Å². The average Bonchev–Trinajstić information content (AvgIpc) is 3.43. The largest absolute Gasteiger partial charge is 0.461 e. The molecule has 4 heterocycles. The number of hydrogen-bond donors (Lipinski definition) is 0. The van der Waals surface area contributed by atoms with Crippen LogP contribution in [-0.2, 0) is 9.47 Å². The summed E-state index contributed by atoms with van der Waals surface area (Å²) in [5, 5.41) is 4.09. The van der Waals surface area contributed by atoms with Crippen LogP contribution in [-0.4, -0.2) is 54.8 Å². The molecule has 1 fully saturated rings. The van der Waals surface area contributed by atoms with E-state index in [9.17, 15) is 14.0 Å². The van der Waals surface area contributed by atoms with E-state index in [0.717, 1.165) is 32.7 Å². The number of ether oxygens (including phenoxy) is 3. The van der Waals surface area contributed by atoms with Crippen LogP contribution in [0.5, 0.6) is 5.75 Å². The molecule has 8 nitrogen and oxygen atoms in total. The van der Waals surface area contributed by atoms with Gasteiger partial charge in [0.15, 0.2) is 12.5 Å². The number of fused-ring (bicyclic) bond motifs is 7. The Kier molecular flexibility index (Phi) is 6.18. The summed E-state index contributed by atoms with van der Waals surface area (Å²) in [7, 11) is 0. The number of hydrogen-bond acceptors (Lipinski definition) is 7. The van der Waals surface area contributed by atoms with Crippen molar-refractivity contribution in [2.24, 2.45) is 0 Å². The van der Waals surface area contributed by atoms with Crippen molar-refractivity contribution < 1.29 is 23.4 Å². The van der Waals surface area contributed by atoms with Crippen LogP contribution in [0.25, 0.3) is 21.6 Å². The van der Waals surface area contributed by atoms with Crippen molar-refractivity contribution in [3.8, 4) is 27.3 Å². The van der Waals surface area contributed by atoms with Gasteiger partial charge >= 0.3 is 0 Å². The van der Waals surface area contributed by atoms with E-state index < -0.39 is 17.6 Å². The third-order valence-corrected chi connectivity index (χ3v) is 8.62. The average molecular weight is 560 g/mol. The fraction of sp³-hybridized carbons (Fsp3) is 0.267. The fourth-order valence-electron chi connectivity index (χ4n) is 5.97. The van der Waals surface area contributed by atoms with Gasteiger partial charge in [0.05, 0.1) is 19.3 Å². The number of pyridine rings is 1. The number of aromatic nitrogens is 1. The molecule has 4 aromatic rings. The number of nitrogens with zero attached hydrogens (tertiary/aromatic N) is 3. The van der Waals surface area contributed by atoms with Crippen molar-refractivity contribution in [1.82, 2.24) is 9.58 Å². The van der Waals surface area contributed by atoms with Crippen LogP contribution >= 0.6 is 11.3 Å². The first-order chi connectivity index (χ1) is 19.6. The van der Waals surface area contributed by atoms with Crippen LogP contribution < -0.4 is 15.2 Å². The summed E-state index contributed by atoms with van der Waals surface area (Å²) in [5.41, 5.74) is 4.38. The molecule has 40 heavy (non-hydrogen) atoms. The zero-order valence-corrected chi connectivity index (χ0v) is 22.5. The molecule has 0 radical (unpaired) electrons. The fourth-order valence-corrected chi connectivity index (χ4v) is 6.93. The Morgan fingerprint density at radius 1 is 1.05 bits per heavy atom. The van der Waals surface area contributed by atoms with Crippen LogP contribution in [0.1, 0.15) is 34.6 Å². The van der Waals surface area contributed by atoms with E-state index in [4.69, 9.17) is 14.2 Å². The molecule has 1 unspecified atom stereocenters.